The first-order valence-electron chi connectivity index (χ1n) is 11.7. The first kappa shape index (κ1) is 25.5. The number of likely N-dealkylation sites (tertiary alicyclic amines) is 1. The van der Waals surface area contributed by atoms with Gasteiger partial charge in [-0.25, -0.2) is 0 Å². The highest BCUT2D eigenvalue weighted by atomic mass is 127. The number of nitrogens with one attached hydrogen (secondary N) is 3. The lowest BCUT2D eigenvalue weighted by Gasteiger charge is -2.30. The van der Waals surface area contributed by atoms with Crippen LogP contribution in [-0.4, -0.2) is 43.4 Å². The van der Waals surface area contributed by atoms with Gasteiger partial charge in [0.2, 0.25) is 5.91 Å². The summed E-state index contributed by atoms with van der Waals surface area (Å²) in [4.78, 5) is 18.9. The molecule has 1 unspecified atom stereocenters. The monoisotopic (exact) mass is 561 g/mol. The molecule has 1 fully saturated rings. The van der Waals surface area contributed by atoms with Crippen molar-refractivity contribution in [1.29, 1.82) is 0 Å². The van der Waals surface area contributed by atoms with Crippen LogP contribution in [0.4, 0.5) is 5.69 Å². The van der Waals surface area contributed by atoms with Crippen LogP contribution in [0.2, 0.25) is 0 Å². The molecule has 0 bridgehead atoms. The van der Waals surface area contributed by atoms with Crippen molar-refractivity contribution in [3.05, 3.63) is 65.2 Å². The molecular formula is C26H36IN5O. The normalized spacial score (nSPS) is 19.3. The fraction of sp³-hybridized carbons (Fsp3) is 0.462. The Labute approximate surface area is 214 Å². The predicted octanol–water partition coefficient (Wildman–Crippen LogP) is 4.33. The summed E-state index contributed by atoms with van der Waals surface area (Å²) in [6.07, 6.45) is 3.11. The standard InChI is InChI=1S/C26H35N5O.HI/c1-19-11-13-31(14-12-19)18-21-9-7-20(8-10-21)16-28-26(27-2)29-17-22-15-25(32)30-24-6-4-3-5-23(22)24;/h3-10,19,22H,11-18H2,1-2H3,(H,30,32)(H2,27,28,29);1H. The van der Waals surface area contributed by atoms with Gasteiger partial charge in [0.15, 0.2) is 5.96 Å². The number of aliphatic imine (C=N–C) groups is 1. The zero-order valence-corrected chi connectivity index (χ0v) is 22.0. The van der Waals surface area contributed by atoms with Crippen LogP contribution in [0.25, 0.3) is 0 Å². The summed E-state index contributed by atoms with van der Waals surface area (Å²) in [5.41, 5.74) is 4.69. The van der Waals surface area contributed by atoms with Crippen LogP contribution in [0, 0.1) is 5.92 Å². The lowest BCUT2D eigenvalue weighted by molar-refractivity contribution is -0.116. The van der Waals surface area contributed by atoms with Crippen LogP contribution in [0.15, 0.2) is 53.5 Å². The van der Waals surface area contributed by atoms with Crippen LogP contribution in [0.5, 0.6) is 0 Å². The zero-order chi connectivity index (χ0) is 22.3. The minimum atomic E-state index is 0. The smallest absolute Gasteiger partial charge is 0.225 e. The van der Waals surface area contributed by atoms with Crippen LogP contribution >= 0.6 is 24.0 Å². The summed E-state index contributed by atoms with van der Waals surface area (Å²) in [6.45, 7) is 7.19. The van der Waals surface area contributed by atoms with Crippen molar-refractivity contribution in [2.75, 3.05) is 32.0 Å². The van der Waals surface area contributed by atoms with E-state index in [0.717, 1.165) is 24.1 Å². The summed E-state index contributed by atoms with van der Waals surface area (Å²) in [5, 5.41) is 9.74. The molecule has 33 heavy (non-hydrogen) atoms. The molecular weight excluding hydrogens is 525 g/mol. The van der Waals surface area contributed by atoms with Gasteiger partial charge >= 0.3 is 0 Å². The van der Waals surface area contributed by atoms with Gasteiger partial charge in [-0.3, -0.25) is 14.7 Å². The molecule has 0 radical (unpaired) electrons. The maximum atomic E-state index is 12.0. The number of carbonyl (C=O) groups is 1. The average molecular weight is 562 g/mol. The van der Waals surface area contributed by atoms with E-state index in [1.54, 1.807) is 7.05 Å². The number of hydrogen-bond acceptors (Lipinski definition) is 3. The Morgan fingerprint density at radius 3 is 2.48 bits per heavy atom. The number of hydrogen-bond donors (Lipinski definition) is 3. The molecule has 2 aliphatic rings. The summed E-state index contributed by atoms with van der Waals surface area (Å²) >= 11 is 0. The van der Waals surface area contributed by atoms with E-state index in [9.17, 15) is 4.79 Å². The van der Waals surface area contributed by atoms with Crippen LogP contribution < -0.4 is 16.0 Å². The van der Waals surface area contributed by atoms with Gasteiger partial charge in [0.05, 0.1) is 0 Å². The van der Waals surface area contributed by atoms with Crippen molar-refractivity contribution in [2.24, 2.45) is 10.9 Å². The van der Waals surface area contributed by atoms with Crippen LogP contribution in [0.1, 0.15) is 48.8 Å². The number of guanidine groups is 1. The molecule has 2 aromatic rings. The molecule has 6 nitrogen and oxygen atoms in total. The number of piperidine rings is 1. The van der Waals surface area contributed by atoms with Crippen molar-refractivity contribution in [1.82, 2.24) is 15.5 Å². The average Bonchev–Trinajstić information content (AvgIpc) is 2.81. The van der Waals surface area contributed by atoms with E-state index in [1.165, 1.54) is 42.6 Å². The Morgan fingerprint density at radius 2 is 1.76 bits per heavy atom. The molecule has 4 rings (SSSR count). The highest BCUT2D eigenvalue weighted by molar-refractivity contribution is 14.0. The number of para-hydroxylation sites is 1. The number of anilines is 1. The number of halogens is 1. The molecule has 0 aromatic heterocycles. The molecule has 1 saturated heterocycles. The fourth-order valence-electron chi connectivity index (χ4n) is 4.55. The lowest BCUT2D eigenvalue weighted by atomic mass is 9.90. The number of benzene rings is 2. The molecule has 1 atom stereocenters. The predicted molar refractivity (Wildman–Crippen MR) is 146 cm³/mol. The summed E-state index contributed by atoms with van der Waals surface area (Å²) in [6, 6.07) is 16.9. The van der Waals surface area contributed by atoms with E-state index in [-0.39, 0.29) is 35.8 Å². The quantitative estimate of drug-likeness (QED) is 0.279. The first-order valence-corrected chi connectivity index (χ1v) is 11.7. The van der Waals surface area contributed by atoms with E-state index in [2.05, 4.69) is 63.1 Å². The highest BCUT2D eigenvalue weighted by Crippen LogP contribution is 2.31. The lowest BCUT2D eigenvalue weighted by Crippen LogP contribution is -2.40. The molecule has 7 heteroatoms. The molecule has 0 saturated carbocycles. The Morgan fingerprint density at radius 1 is 1.06 bits per heavy atom. The van der Waals surface area contributed by atoms with Crippen LogP contribution in [0.3, 0.4) is 0 Å². The topological polar surface area (TPSA) is 68.8 Å². The summed E-state index contributed by atoms with van der Waals surface area (Å²) in [7, 11) is 1.78. The second kappa shape index (κ2) is 12.4. The highest BCUT2D eigenvalue weighted by Gasteiger charge is 2.24. The number of fused-ring (bicyclic) bond motifs is 1. The minimum Gasteiger partial charge on any atom is -0.356 e. The molecule has 2 aliphatic heterocycles. The Balaban J connectivity index is 0.00000306. The van der Waals surface area contributed by atoms with Crippen molar-refractivity contribution in [3.63, 3.8) is 0 Å². The van der Waals surface area contributed by atoms with Gasteiger partial charge in [-0.2, -0.15) is 0 Å². The van der Waals surface area contributed by atoms with E-state index >= 15 is 0 Å². The summed E-state index contributed by atoms with van der Waals surface area (Å²) in [5.74, 6) is 1.82. The molecule has 0 spiro atoms. The Hall–Kier alpha value is -2.13. The molecule has 178 valence electrons. The van der Waals surface area contributed by atoms with Gasteiger partial charge in [-0.05, 0) is 54.6 Å². The number of nitrogens with zero attached hydrogens (tertiary/aromatic N) is 2. The number of rotatable bonds is 6. The van der Waals surface area contributed by atoms with Crippen molar-refractivity contribution >= 4 is 41.5 Å². The third-order valence-corrected chi connectivity index (χ3v) is 6.61. The number of carbonyl (C=O) groups excluding carboxylic acids is 1. The van der Waals surface area contributed by atoms with E-state index < -0.39 is 0 Å². The Kier molecular flexibility index (Phi) is 9.55. The molecule has 0 aliphatic carbocycles. The van der Waals surface area contributed by atoms with E-state index in [0.29, 0.717) is 19.5 Å². The van der Waals surface area contributed by atoms with Gasteiger partial charge in [0, 0.05) is 44.7 Å². The van der Waals surface area contributed by atoms with E-state index in [4.69, 9.17) is 0 Å². The minimum absolute atomic E-state index is 0. The molecule has 2 heterocycles. The third kappa shape index (κ3) is 7.17. The maximum Gasteiger partial charge on any atom is 0.225 e. The number of amides is 1. The van der Waals surface area contributed by atoms with Crippen LogP contribution in [-0.2, 0) is 17.9 Å². The fourth-order valence-corrected chi connectivity index (χ4v) is 4.55. The maximum absolute atomic E-state index is 12.0. The SMILES string of the molecule is CN=C(NCc1ccc(CN2CCC(C)CC2)cc1)NCC1CC(=O)Nc2ccccc21.I. The van der Waals surface area contributed by atoms with Crippen molar-refractivity contribution in [2.45, 2.75) is 45.2 Å². The van der Waals surface area contributed by atoms with E-state index in [1.807, 2.05) is 18.2 Å². The zero-order valence-electron chi connectivity index (χ0n) is 19.6. The third-order valence-electron chi connectivity index (χ3n) is 6.61. The second-order valence-corrected chi connectivity index (χ2v) is 9.12. The van der Waals surface area contributed by atoms with Gasteiger partial charge in [0.25, 0.3) is 0 Å². The second-order valence-electron chi connectivity index (χ2n) is 9.12. The van der Waals surface area contributed by atoms with Gasteiger partial charge in [0.1, 0.15) is 0 Å². The van der Waals surface area contributed by atoms with Crippen molar-refractivity contribution in [3.8, 4) is 0 Å². The molecule has 1 amide bonds. The van der Waals surface area contributed by atoms with Gasteiger partial charge < -0.3 is 16.0 Å². The summed E-state index contributed by atoms with van der Waals surface area (Å²) < 4.78 is 0. The van der Waals surface area contributed by atoms with Gasteiger partial charge in [-0.1, -0.05) is 49.4 Å². The Bertz CT molecular complexity index is 938. The molecule has 3 N–H and O–H groups in total. The van der Waals surface area contributed by atoms with Crippen molar-refractivity contribution < 1.29 is 4.79 Å². The van der Waals surface area contributed by atoms with Gasteiger partial charge in [-0.15, -0.1) is 24.0 Å². The largest absolute Gasteiger partial charge is 0.356 e. The first-order chi connectivity index (χ1) is 15.6. The molecule has 2 aromatic carbocycles.